The number of amides is 2. The van der Waals surface area contributed by atoms with E-state index in [4.69, 9.17) is 11.6 Å². The Morgan fingerprint density at radius 1 is 1.38 bits per heavy atom. The van der Waals surface area contributed by atoms with Crippen LogP contribution in [0.25, 0.3) is 0 Å². The third-order valence-electron chi connectivity index (χ3n) is 4.38. The molecule has 1 fully saturated rings. The first-order valence-electron chi connectivity index (χ1n) is 7.71. The van der Waals surface area contributed by atoms with Crippen molar-refractivity contribution in [2.75, 3.05) is 5.32 Å². The normalized spacial score (nSPS) is 21.7. The number of halogens is 1. The molecule has 1 aliphatic carbocycles. The first kappa shape index (κ1) is 17.1. The molecule has 1 atom stereocenters. The van der Waals surface area contributed by atoms with E-state index in [2.05, 4.69) is 10.6 Å². The first-order valence-corrected chi connectivity index (χ1v) is 8.97. The second kappa shape index (κ2) is 6.64. The highest BCUT2D eigenvalue weighted by Gasteiger charge is 2.43. The minimum atomic E-state index is -1.18. The molecule has 2 amide bonds. The van der Waals surface area contributed by atoms with Gasteiger partial charge < -0.3 is 15.7 Å². The van der Waals surface area contributed by atoms with Crippen LogP contribution in [0.2, 0.25) is 5.02 Å². The summed E-state index contributed by atoms with van der Waals surface area (Å²) in [5.74, 6) is -1.70. The summed E-state index contributed by atoms with van der Waals surface area (Å²) in [7, 11) is 0. The molecule has 1 unspecified atom stereocenters. The maximum Gasteiger partial charge on any atom is 0.329 e. The summed E-state index contributed by atoms with van der Waals surface area (Å²) < 4.78 is 0. The molecule has 1 saturated carbocycles. The van der Waals surface area contributed by atoms with Gasteiger partial charge in [0.15, 0.2) is 0 Å². The minimum Gasteiger partial charge on any atom is -0.480 e. The smallest absolute Gasteiger partial charge is 0.329 e. The van der Waals surface area contributed by atoms with Gasteiger partial charge in [0.2, 0.25) is 11.8 Å². The number of carbonyl (C=O) groups excluding carboxylic acids is 2. The van der Waals surface area contributed by atoms with E-state index in [1.54, 1.807) is 18.2 Å². The van der Waals surface area contributed by atoms with E-state index in [1.807, 2.05) is 0 Å². The maximum atomic E-state index is 12.3. The van der Waals surface area contributed by atoms with E-state index in [-0.39, 0.29) is 12.3 Å². The molecule has 6 nitrogen and oxygen atoms in total. The van der Waals surface area contributed by atoms with Gasteiger partial charge in [0.25, 0.3) is 0 Å². The number of thioether (sulfide) groups is 1. The van der Waals surface area contributed by atoms with Crippen LogP contribution in [0.4, 0.5) is 5.69 Å². The molecule has 1 aliphatic heterocycles. The van der Waals surface area contributed by atoms with Gasteiger partial charge in [-0.3, -0.25) is 9.59 Å². The highest BCUT2D eigenvalue weighted by molar-refractivity contribution is 8.01. The molecule has 0 saturated heterocycles. The molecule has 1 aromatic carbocycles. The van der Waals surface area contributed by atoms with Crippen LogP contribution < -0.4 is 10.6 Å². The molecule has 0 spiro atoms. The molecule has 2 aliphatic rings. The van der Waals surface area contributed by atoms with E-state index in [0.717, 1.165) is 17.7 Å². The second-order valence-electron chi connectivity index (χ2n) is 6.08. The summed E-state index contributed by atoms with van der Waals surface area (Å²) >= 11 is 7.19. The lowest BCUT2D eigenvalue weighted by atomic mass is 9.97. The summed E-state index contributed by atoms with van der Waals surface area (Å²) in [5, 5.41) is 14.7. The molecule has 0 aromatic heterocycles. The van der Waals surface area contributed by atoms with Crippen molar-refractivity contribution in [1.29, 1.82) is 0 Å². The number of carbonyl (C=O) groups is 3. The summed E-state index contributed by atoms with van der Waals surface area (Å²) in [4.78, 5) is 36.8. The Morgan fingerprint density at radius 2 is 2.08 bits per heavy atom. The Morgan fingerprint density at radius 3 is 2.75 bits per heavy atom. The Balaban J connectivity index is 1.67. The number of fused-ring (bicyclic) bond motifs is 1. The van der Waals surface area contributed by atoms with Crippen molar-refractivity contribution in [2.45, 2.75) is 47.8 Å². The Bertz CT molecular complexity index is 703. The third-order valence-corrected chi connectivity index (χ3v) is 5.89. The van der Waals surface area contributed by atoms with Crippen molar-refractivity contribution in [2.24, 2.45) is 0 Å². The fraction of sp³-hybridized carbons (Fsp3) is 0.438. The topological polar surface area (TPSA) is 95.5 Å². The highest BCUT2D eigenvalue weighted by atomic mass is 35.5. The lowest BCUT2D eigenvalue weighted by Gasteiger charge is -2.28. The van der Waals surface area contributed by atoms with Crippen LogP contribution in [-0.4, -0.2) is 33.7 Å². The number of anilines is 1. The minimum absolute atomic E-state index is 0.0619. The van der Waals surface area contributed by atoms with Crippen molar-refractivity contribution in [1.82, 2.24) is 5.32 Å². The quantitative estimate of drug-likeness (QED) is 0.759. The van der Waals surface area contributed by atoms with E-state index < -0.39 is 22.7 Å². The Labute approximate surface area is 148 Å². The number of carboxylic acids is 1. The van der Waals surface area contributed by atoms with Gasteiger partial charge in [-0.05, 0) is 31.0 Å². The van der Waals surface area contributed by atoms with Crippen LogP contribution in [0, 0.1) is 0 Å². The van der Waals surface area contributed by atoms with E-state index >= 15 is 0 Å². The molecular formula is C16H17ClN2O4S. The fourth-order valence-electron chi connectivity index (χ4n) is 3.11. The van der Waals surface area contributed by atoms with Gasteiger partial charge in [0.05, 0.1) is 10.9 Å². The fourth-order valence-corrected chi connectivity index (χ4v) is 4.38. The number of rotatable bonds is 4. The predicted octanol–water partition coefficient (Wildman–Crippen LogP) is 2.66. The number of benzene rings is 1. The summed E-state index contributed by atoms with van der Waals surface area (Å²) in [6.07, 6.45) is 2.35. The van der Waals surface area contributed by atoms with Gasteiger partial charge in [-0.2, -0.15) is 0 Å². The van der Waals surface area contributed by atoms with Crippen LogP contribution in [0.15, 0.2) is 23.1 Å². The van der Waals surface area contributed by atoms with E-state index in [9.17, 15) is 19.5 Å². The third kappa shape index (κ3) is 3.37. The molecule has 1 aromatic rings. The number of hydrogen-bond donors (Lipinski definition) is 3. The van der Waals surface area contributed by atoms with Gasteiger partial charge in [0, 0.05) is 16.3 Å². The van der Waals surface area contributed by atoms with Crippen LogP contribution in [0.3, 0.4) is 0 Å². The van der Waals surface area contributed by atoms with Gasteiger partial charge in [-0.15, -0.1) is 11.8 Å². The standard InChI is InChI=1S/C16H17ClN2O4S/c17-9-3-4-11-10(7-9)18-14(21)12(24-11)8-13(20)19-16(15(22)23)5-1-2-6-16/h3-4,7,12H,1-2,5-6,8H2,(H,18,21)(H,19,20)(H,22,23). The maximum absolute atomic E-state index is 12.3. The molecule has 3 rings (SSSR count). The van der Waals surface area contributed by atoms with Gasteiger partial charge in [-0.25, -0.2) is 4.79 Å². The van der Waals surface area contributed by atoms with Crippen molar-refractivity contribution < 1.29 is 19.5 Å². The lowest BCUT2D eigenvalue weighted by molar-refractivity contribution is -0.147. The first-order chi connectivity index (χ1) is 11.4. The van der Waals surface area contributed by atoms with E-state index in [0.29, 0.717) is 23.6 Å². The van der Waals surface area contributed by atoms with Crippen LogP contribution >= 0.6 is 23.4 Å². The summed E-state index contributed by atoms with van der Waals surface area (Å²) in [5.41, 5.74) is -0.551. The SMILES string of the molecule is O=C(CC1Sc2ccc(Cl)cc2NC1=O)NC1(C(=O)O)CCCC1. The predicted molar refractivity (Wildman–Crippen MR) is 91.3 cm³/mol. The molecular weight excluding hydrogens is 352 g/mol. The zero-order valence-corrected chi connectivity index (χ0v) is 14.4. The summed E-state index contributed by atoms with van der Waals surface area (Å²) in [6.45, 7) is 0. The van der Waals surface area contributed by atoms with Crippen molar-refractivity contribution in [3.8, 4) is 0 Å². The van der Waals surface area contributed by atoms with Crippen molar-refractivity contribution in [3.63, 3.8) is 0 Å². The average molecular weight is 369 g/mol. The zero-order chi connectivity index (χ0) is 17.3. The number of nitrogens with one attached hydrogen (secondary N) is 2. The van der Waals surface area contributed by atoms with Crippen molar-refractivity contribution >= 4 is 46.8 Å². The monoisotopic (exact) mass is 368 g/mol. The van der Waals surface area contributed by atoms with Crippen LogP contribution in [0.1, 0.15) is 32.1 Å². The van der Waals surface area contributed by atoms with Crippen molar-refractivity contribution in [3.05, 3.63) is 23.2 Å². The molecule has 3 N–H and O–H groups in total. The number of carboxylic acid groups (broad SMARTS) is 1. The van der Waals surface area contributed by atoms with Crippen LogP contribution in [0.5, 0.6) is 0 Å². The lowest BCUT2D eigenvalue weighted by Crippen LogP contribution is -2.53. The Kier molecular flexibility index (Phi) is 4.73. The van der Waals surface area contributed by atoms with E-state index in [1.165, 1.54) is 11.8 Å². The molecule has 8 heteroatoms. The summed E-state index contributed by atoms with van der Waals surface area (Å²) in [6, 6.07) is 5.18. The van der Waals surface area contributed by atoms with Gasteiger partial charge in [-0.1, -0.05) is 24.4 Å². The van der Waals surface area contributed by atoms with Gasteiger partial charge in [0.1, 0.15) is 5.54 Å². The molecule has 24 heavy (non-hydrogen) atoms. The van der Waals surface area contributed by atoms with Gasteiger partial charge >= 0.3 is 5.97 Å². The zero-order valence-electron chi connectivity index (χ0n) is 12.8. The van der Waals surface area contributed by atoms with Crippen LogP contribution in [-0.2, 0) is 14.4 Å². The molecule has 0 radical (unpaired) electrons. The molecule has 1 heterocycles. The number of hydrogen-bond acceptors (Lipinski definition) is 4. The molecule has 0 bridgehead atoms. The average Bonchev–Trinajstić information content (AvgIpc) is 2.98. The molecule has 128 valence electrons. The Hall–Kier alpha value is -1.73. The second-order valence-corrected chi connectivity index (χ2v) is 7.76. The highest BCUT2D eigenvalue weighted by Crippen LogP contribution is 2.38. The number of aliphatic carboxylic acids is 1. The largest absolute Gasteiger partial charge is 0.480 e.